The Labute approximate surface area is 159 Å². The fraction of sp³-hybridized carbons (Fsp3) is 0.158. The van der Waals surface area contributed by atoms with Crippen molar-refractivity contribution in [3.63, 3.8) is 0 Å². The van der Waals surface area contributed by atoms with Gasteiger partial charge >= 0.3 is 0 Å². The van der Waals surface area contributed by atoms with E-state index in [0.29, 0.717) is 11.4 Å². The van der Waals surface area contributed by atoms with Gasteiger partial charge in [-0.25, -0.2) is 0 Å². The molecule has 136 valence electrons. The van der Waals surface area contributed by atoms with E-state index in [2.05, 4.69) is 20.6 Å². The number of carbonyl (C=O) groups is 1. The van der Waals surface area contributed by atoms with Crippen molar-refractivity contribution in [1.82, 2.24) is 19.8 Å². The molecule has 0 aliphatic heterocycles. The van der Waals surface area contributed by atoms with Gasteiger partial charge in [0, 0.05) is 11.3 Å². The van der Waals surface area contributed by atoms with Gasteiger partial charge in [-0.05, 0) is 49.7 Å². The van der Waals surface area contributed by atoms with Crippen LogP contribution in [-0.2, 0) is 4.79 Å². The molecule has 0 saturated carbocycles. The first-order valence-corrected chi connectivity index (χ1v) is 9.19. The number of aryl methyl sites for hydroxylation is 2. The fourth-order valence-electron chi connectivity index (χ4n) is 2.59. The van der Waals surface area contributed by atoms with E-state index in [4.69, 9.17) is 4.74 Å². The van der Waals surface area contributed by atoms with Crippen molar-refractivity contribution in [2.24, 2.45) is 0 Å². The van der Waals surface area contributed by atoms with Crippen LogP contribution in [0.4, 0.5) is 5.69 Å². The number of carbonyl (C=O) groups excluding carboxylic acids is 1. The normalized spacial score (nSPS) is 10.9. The molecular formula is C19H17N5O2S. The van der Waals surface area contributed by atoms with Gasteiger partial charge in [-0.3, -0.25) is 4.79 Å². The Kier molecular flexibility index (Phi) is 4.55. The number of amides is 1. The number of hydrogen-bond acceptors (Lipinski definition) is 6. The van der Waals surface area contributed by atoms with Gasteiger partial charge in [0.05, 0.1) is 0 Å². The zero-order valence-corrected chi connectivity index (χ0v) is 15.7. The highest BCUT2D eigenvalue weighted by molar-refractivity contribution is 7.19. The van der Waals surface area contributed by atoms with E-state index in [1.807, 2.05) is 62.4 Å². The number of hydrogen-bond donors (Lipinski definition) is 1. The Morgan fingerprint density at radius 2 is 1.89 bits per heavy atom. The van der Waals surface area contributed by atoms with Crippen LogP contribution in [0.25, 0.3) is 15.5 Å². The Morgan fingerprint density at radius 1 is 1.11 bits per heavy atom. The first kappa shape index (κ1) is 17.2. The van der Waals surface area contributed by atoms with E-state index in [1.165, 1.54) is 11.3 Å². The smallest absolute Gasteiger partial charge is 0.262 e. The number of aromatic nitrogens is 4. The van der Waals surface area contributed by atoms with Crippen molar-refractivity contribution in [1.29, 1.82) is 0 Å². The predicted molar refractivity (Wildman–Crippen MR) is 104 cm³/mol. The standard InChI is InChI=1S/C19H17N5O2S/c1-12-5-3-4-6-16(12)26-11-17(25)20-15-9-7-14(8-10-15)18-23-24-13(2)21-22-19(24)27-18/h3-10H,11H2,1-2H3,(H,20,25). The van der Waals surface area contributed by atoms with Crippen LogP contribution in [0.1, 0.15) is 11.4 Å². The predicted octanol–water partition coefficient (Wildman–Crippen LogP) is 3.49. The number of ether oxygens (including phenoxy) is 1. The monoisotopic (exact) mass is 379 g/mol. The lowest BCUT2D eigenvalue weighted by molar-refractivity contribution is -0.118. The largest absolute Gasteiger partial charge is 0.483 e. The van der Waals surface area contributed by atoms with E-state index in [1.54, 1.807) is 4.52 Å². The van der Waals surface area contributed by atoms with Gasteiger partial charge in [-0.2, -0.15) is 9.61 Å². The van der Waals surface area contributed by atoms with Gasteiger partial charge in [-0.15, -0.1) is 10.2 Å². The zero-order chi connectivity index (χ0) is 18.8. The minimum atomic E-state index is -0.208. The second kappa shape index (κ2) is 7.16. The van der Waals surface area contributed by atoms with E-state index in [9.17, 15) is 4.79 Å². The van der Waals surface area contributed by atoms with E-state index >= 15 is 0 Å². The molecular weight excluding hydrogens is 362 g/mol. The van der Waals surface area contributed by atoms with Gasteiger partial charge < -0.3 is 10.1 Å². The van der Waals surface area contributed by atoms with Gasteiger partial charge in [0.25, 0.3) is 5.91 Å². The third-order valence-corrected chi connectivity index (χ3v) is 4.96. The molecule has 1 amide bonds. The minimum absolute atomic E-state index is 0.0391. The van der Waals surface area contributed by atoms with Crippen LogP contribution in [0.15, 0.2) is 48.5 Å². The van der Waals surface area contributed by atoms with Gasteiger partial charge in [0.1, 0.15) is 10.8 Å². The SMILES string of the molecule is Cc1ccccc1OCC(=O)Nc1ccc(-c2nn3c(C)nnc3s2)cc1. The van der Waals surface area contributed by atoms with Gasteiger partial charge in [-0.1, -0.05) is 29.5 Å². The van der Waals surface area contributed by atoms with Crippen LogP contribution in [0.2, 0.25) is 0 Å². The lowest BCUT2D eigenvalue weighted by Gasteiger charge is -2.09. The Balaban J connectivity index is 1.40. The van der Waals surface area contributed by atoms with Crippen molar-refractivity contribution in [3.05, 3.63) is 59.9 Å². The summed E-state index contributed by atoms with van der Waals surface area (Å²) >= 11 is 1.47. The first-order valence-electron chi connectivity index (χ1n) is 8.38. The van der Waals surface area contributed by atoms with Crippen molar-refractivity contribution < 1.29 is 9.53 Å². The van der Waals surface area contributed by atoms with E-state index in [0.717, 1.165) is 26.9 Å². The first-order chi connectivity index (χ1) is 13.1. The highest BCUT2D eigenvalue weighted by atomic mass is 32.1. The molecule has 0 unspecified atom stereocenters. The summed E-state index contributed by atoms with van der Waals surface area (Å²) < 4.78 is 7.28. The van der Waals surface area contributed by atoms with Crippen LogP contribution in [0, 0.1) is 13.8 Å². The molecule has 4 rings (SSSR count). The quantitative estimate of drug-likeness (QED) is 0.574. The average Bonchev–Trinajstić information content (AvgIpc) is 3.24. The summed E-state index contributed by atoms with van der Waals surface area (Å²) in [5, 5.41) is 16.2. The van der Waals surface area contributed by atoms with Crippen molar-refractivity contribution >= 4 is 27.9 Å². The fourth-order valence-corrected chi connectivity index (χ4v) is 3.48. The molecule has 2 aromatic carbocycles. The van der Waals surface area contributed by atoms with Crippen molar-refractivity contribution in [2.75, 3.05) is 11.9 Å². The molecule has 2 heterocycles. The lowest BCUT2D eigenvalue weighted by Crippen LogP contribution is -2.20. The molecule has 8 heteroatoms. The van der Waals surface area contributed by atoms with Crippen molar-refractivity contribution in [3.8, 4) is 16.3 Å². The van der Waals surface area contributed by atoms with Crippen LogP contribution < -0.4 is 10.1 Å². The molecule has 0 saturated heterocycles. The number of nitrogens with one attached hydrogen (secondary N) is 1. The summed E-state index contributed by atoms with van der Waals surface area (Å²) in [6.45, 7) is 3.77. The molecule has 0 aliphatic carbocycles. The maximum atomic E-state index is 12.1. The molecule has 7 nitrogen and oxygen atoms in total. The van der Waals surface area contributed by atoms with Crippen LogP contribution in [-0.4, -0.2) is 32.3 Å². The topological polar surface area (TPSA) is 81.4 Å². The lowest BCUT2D eigenvalue weighted by atomic mass is 10.2. The Morgan fingerprint density at radius 3 is 2.63 bits per heavy atom. The molecule has 0 aliphatic rings. The number of para-hydroxylation sites is 1. The van der Waals surface area contributed by atoms with Gasteiger partial charge in [0.15, 0.2) is 12.4 Å². The summed E-state index contributed by atoms with van der Waals surface area (Å²) in [4.78, 5) is 12.9. The zero-order valence-electron chi connectivity index (χ0n) is 14.8. The summed E-state index contributed by atoms with van der Waals surface area (Å²) in [5.41, 5.74) is 2.66. The average molecular weight is 379 g/mol. The van der Waals surface area contributed by atoms with E-state index < -0.39 is 0 Å². The summed E-state index contributed by atoms with van der Waals surface area (Å²) in [5.74, 6) is 1.26. The minimum Gasteiger partial charge on any atom is -0.483 e. The molecule has 4 aromatic rings. The van der Waals surface area contributed by atoms with Crippen LogP contribution in [0.5, 0.6) is 5.75 Å². The number of rotatable bonds is 5. The summed E-state index contributed by atoms with van der Waals surface area (Å²) in [7, 11) is 0. The van der Waals surface area contributed by atoms with Crippen molar-refractivity contribution in [2.45, 2.75) is 13.8 Å². The number of nitrogens with zero attached hydrogens (tertiary/aromatic N) is 4. The third kappa shape index (κ3) is 3.65. The second-order valence-electron chi connectivity index (χ2n) is 6.03. The Hall–Kier alpha value is -3.26. The molecule has 27 heavy (non-hydrogen) atoms. The second-order valence-corrected chi connectivity index (χ2v) is 6.98. The number of benzene rings is 2. The summed E-state index contributed by atoms with van der Waals surface area (Å²) in [6, 6.07) is 15.1. The molecule has 0 bridgehead atoms. The molecule has 0 atom stereocenters. The summed E-state index contributed by atoms with van der Waals surface area (Å²) in [6.07, 6.45) is 0. The molecule has 1 N–H and O–H groups in total. The molecule has 0 fully saturated rings. The molecule has 0 radical (unpaired) electrons. The molecule has 0 spiro atoms. The highest BCUT2D eigenvalue weighted by Crippen LogP contribution is 2.26. The number of fused-ring (bicyclic) bond motifs is 1. The van der Waals surface area contributed by atoms with Gasteiger partial charge in [0.2, 0.25) is 4.96 Å². The number of anilines is 1. The molecule has 2 aromatic heterocycles. The highest BCUT2D eigenvalue weighted by Gasteiger charge is 2.11. The Bertz CT molecular complexity index is 1100. The van der Waals surface area contributed by atoms with Crippen LogP contribution >= 0.6 is 11.3 Å². The van der Waals surface area contributed by atoms with Crippen LogP contribution in [0.3, 0.4) is 0 Å². The maximum absolute atomic E-state index is 12.1. The van der Waals surface area contributed by atoms with E-state index in [-0.39, 0.29) is 12.5 Å². The maximum Gasteiger partial charge on any atom is 0.262 e. The third-order valence-electron chi connectivity index (χ3n) is 4.01.